The molecule has 2 rings (SSSR count). The minimum Gasteiger partial charge on any atom is -1.00 e. The van der Waals surface area contributed by atoms with Crippen LogP contribution in [0.1, 0.15) is 89.8 Å². The predicted octanol–water partition coefficient (Wildman–Crippen LogP) is 2.99. The summed E-state index contributed by atoms with van der Waals surface area (Å²) in [5, 5.41) is 0. The van der Waals surface area contributed by atoms with Crippen molar-refractivity contribution in [1.29, 1.82) is 0 Å². The van der Waals surface area contributed by atoms with Gasteiger partial charge in [0.2, 0.25) is 0 Å². The topological polar surface area (TPSA) is 7.68 Å². The van der Waals surface area contributed by atoms with E-state index in [-0.39, 0.29) is 12.4 Å². The van der Waals surface area contributed by atoms with Gasteiger partial charge < -0.3 is 17.3 Å². The maximum atomic E-state index is 2.55. The maximum Gasteiger partial charge on any atom is 0.194 e. The van der Waals surface area contributed by atoms with E-state index in [4.69, 9.17) is 0 Å². The zero-order chi connectivity index (χ0) is 19.2. The summed E-state index contributed by atoms with van der Waals surface area (Å²) in [6.07, 6.45) is 19.0. The molecule has 1 heterocycles. The number of hydrogen-bond acceptors (Lipinski definition) is 2. The highest BCUT2D eigenvalue weighted by molar-refractivity contribution is 7.99. The summed E-state index contributed by atoms with van der Waals surface area (Å²) >= 11 is 2.08. The standard InChI is InChI=1S/C24H40N2S.ClH/c1-3-5-7-8-9-10-11-15-18-25-19-20-26(22-27-21-6-4-2)24(25)23-16-13-12-14-17-23;/h12-14,16-17,19-20,24H,3-11,15,18,21-22H2,1-2H3;1H. The number of nitrogens with zero attached hydrogens (tertiary/aromatic N) is 1. The van der Waals surface area contributed by atoms with E-state index in [0.717, 1.165) is 5.88 Å². The first-order valence-corrected chi connectivity index (χ1v) is 12.4. The number of thioether (sulfide) groups is 1. The number of unbranched alkanes of at least 4 members (excludes halogenated alkanes) is 8. The molecule has 160 valence electrons. The van der Waals surface area contributed by atoms with Gasteiger partial charge in [-0.25, -0.2) is 0 Å². The predicted molar refractivity (Wildman–Crippen MR) is 121 cm³/mol. The molecule has 2 unspecified atom stereocenters. The van der Waals surface area contributed by atoms with Gasteiger partial charge in [0.1, 0.15) is 6.20 Å². The van der Waals surface area contributed by atoms with Crippen LogP contribution in [0.2, 0.25) is 0 Å². The molecule has 0 saturated carbocycles. The zero-order valence-electron chi connectivity index (χ0n) is 18.0. The van der Waals surface area contributed by atoms with E-state index in [2.05, 4.69) is 73.2 Å². The third kappa shape index (κ3) is 9.24. The van der Waals surface area contributed by atoms with Crippen LogP contribution in [0.5, 0.6) is 0 Å². The first-order chi connectivity index (χ1) is 13.4. The molecule has 0 amide bonds. The SMILES string of the molecule is CCCCCCCCCC[NH+]1C=CN(CSCCCC)C1c1ccccc1.[Cl-]. The van der Waals surface area contributed by atoms with Crippen LogP contribution in [0.25, 0.3) is 0 Å². The molecule has 0 bridgehead atoms. The van der Waals surface area contributed by atoms with E-state index in [0.29, 0.717) is 6.17 Å². The Kier molecular flexibility index (Phi) is 14.7. The summed E-state index contributed by atoms with van der Waals surface area (Å²) in [7, 11) is 0. The fourth-order valence-corrected chi connectivity index (χ4v) is 4.91. The second-order valence-corrected chi connectivity index (χ2v) is 8.91. The average molecular weight is 425 g/mol. The van der Waals surface area contributed by atoms with Crippen molar-refractivity contribution >= 4 is 11.8 Å². The van der Waals surface area contributed by atoms with E-state index in [1.54, 1.807) is 4.90 Å². The fourth-order valence-electron chi connectivity index (χ4n) is 3.84. The number of hydrogen-bond donors (Lipinski definition) is 1. The van der Waals surface area contributed by atoms with Gasteiger partial charge in [-0.2, -0.15) is 0 Å². The Labute approximate surface area is 184 Å². The molecule has 0 fully saturated rings. The molecule has 1 aliphatic rings. The van der Waals surface area contributed by atoms with Crippen LogP contribution in [0, 0.1) is 0 Å². The second kappa shape index (κ2) is 16.2. The van der Waals surface area contributed by atoms with Crippen molar-refractivity contribution in [2.45, 2.75) is 84.2 Å². The molecule has 0 spiro atoms. The van der Waals surface area contributed by atoms with E-state index < -0.39 is 0 Å². The quantitative estimate of drug-likeness (QED) is 0.433. The molecule has 4 heteroatoms. The van der Waals surface area contributed by atoms with Crippen molar-refractivity contribution in [1.82, 2.24) is 4.90 Å². The molecule has 0 aliphatic carbocycles. The first-order valence-electron chi connectivity index (χ1n) is 11.3. The molecule has 0 radical (unpaired) electrons. The van der Waals surface area contributed by atoms with Gasteiger partial charge in [0.15, 0.2) is 6.17 Å². The van der Waals surface area contributed by atoms with Crippen LogP contribution in [-0.4, -0.2) is 23.1 Å². The summed E-state index contributed by atoms with van der Waals surface area (Å²) in [6, 6.07) is 11.1. The van der Waals surface area contributed by atoms with E-state index in [1.807, 2.05) is 0 Å². The Morgan fingerprint density at radius 3 is 2.18 bits per heavy atom. The number of quaternary nitrogens is 1. The third-order valence-corrected chi connectivity index (χ3v) is 6.54. The number of halogens is 1. The largest absolute Gasteiger partial charge is 1.00 e. The Balaban J connectivity index is 0.00000392. The van der Waals surface area contributed by atoms with Gasteiger partial charge in [0, 0.05) is 5.56 Å². The summed E-state index contributed by atoms with van der Waals surface area (Å²) < 4.78 is 0. The molecule has 28 heavy (non-hydrogen) atoms. The van der Waals surface area contributed by atoms with Crippen LogP contribution in [0.15, 0.2) is 42.7 Å². The molecule has 0 aromatic heterocycles. The Bertz CT molecular complexity index is 509. The van der Waals surface area contributed by atoms with Crippen molar-refractivity contribution in [3.63, 3.8) is 0 Å². The molecule has 1 aromatic carbocycles. The zero-order valence-corrected chi connectivity index (χ0v) is 19.6. The Hall–Kier alpha value is -0.640. The molecule has 0 saturated heterocycles. The Morgan fingerprint density at radius 2 is 1.50 bits per heavy atom. The van der Waals surface area contributed by atoms with Crippen LogP contribution < -0.4 is 17.3 Å². The van der Waals surface area contributed by atoms with Gasteiger partial charge in [-0.15, -0.1) is 11.8 Å². The summed E-state index contributed by atoms with van der Waals surface area (Å²) in [5.74, 6) is 2.38. The van der Waals surface area contributed by atoms with Gasteiger partial charge in [-0.1, -0.05) is 89.1 Å². The summed E-state index contributed by atoms with van der Waals surface area (Å²) in [6.45, 7) is 5.82. The van der Waals surface area contributed by atoms with Gasteiger partial charge in [0.05, 0.1) is 18.6 Å². The van der Waals surface area contributed by atoms with E-state index in [9.17, 15) is 0 Å². The van der Waals surface area contributed by atoms with Crippen molar-refractivity contribution < 1.29 is 17.3 Å². The lowest BCUT2D eigenvalue weighted by molar-refractivity contribution is -0.884. The molecule has 2 nitrogen and oxygen atoms in total. The summed E-state index contributed by atoms with van der Waals surface area (Å²) in [4.78, 5) is 4.17. The molecule has 1 N–H and O–H groups in total. The van der Waals surface area contributed by atoms with Gasteiger partial charge >= 0.3 is 0 Å². The van der Waals surface area contributed by atoms with Crippen LogP contribution in [0.3, 0.4) is 0 Å². The molecule has 2 atom stereocenters. The van der Waals surface area contributed by atoms with Gasteiger partial charge in [-0.05, 0) is 25.0 Å². The highest BCUT2D eigenvalue weighted by atomic mass is 35.5. The van der Waals surface area contributed by atoms with Crippen LogP contribution >= 0.6 is 11.8 Å². The van der Waals surface area contributed by atoms with E-state index in [1.165, 1.54) is 82.1 Å². The van der Waals surface area contributed by atoms with Gasteiger partial charge in [0.25, 0.3) is 0 Å². The highest BCUT2D eigenvalue weighted by Crippen LogP contribution is 2.22. The monoisotopic (exact) mass is 424 g/mol. The minimum absolute atomic E-state index is 0. The molecular weight excluding hydrogens is 384 g/mol. The normalized spacial score (nSPS) is 18.4. The van der Waals surface area contributed by atoms with Gasteiger partial charge in [-0.3, -0.25) is 4.90 Å². The lowest BCUT2D eigenvalue weighted by Crippen LogP contribution is -3.07. The van der Waals surface area contributed by atoms with Crippen molar-refractivity contribution in [3.05, 3.63) is 48.3 Å². The number of rotatable bonds is 15. The average Bonchev–Trinajstić information content (AvgIpc) is 3.10. The molecule has 1 aromatic rings. The summed E-state index contributed by atoms with van der Waals surface area (Å²) in [5.41, 5.74) is 1.45. The minimum atomic E-state index is 0. The number of nitrogens with one attached hydrogen (secondary N) is 1. The lowest BCUT2D eigenvalue weighted by atomic mass is 10.1. The maximum absolute atomic E-state index is 2.55. The first kappa shape index (κ1) is 25.4. The lowest BCUT2D eigenvalue weighted by Gasteiger charge is -2.28. The van der Waals surface area contributed by atoms with Crippen LogP contribution in [-0.2, 0) is 0 Å². The van der Waals surface area contributed by atoms with Crippen molar-refractivity contribution in [2.24, 2.45) is 0 Å². The van der Waals surface area contributed by atoms with Crippen molar-refractivity contribution in [2.75, 3.05) is 18.2 Å². The third-order valence-electron chi connectivity index (χ3n) is 5.48. The smallest absolute Gasteiger partial charge is 0.194 e. The van der Waals surface area contributed by atoms with Crippen LogP contribution in [0.4, 0.5) is 0 Å². The van der Waals surface area contributed by atoms with Crippen molar-refractivity contribution in [3.8, 4) is 0 Å². The molecule has 1 aliphatic heterocycles. The number of benzene rings is 1. The second-order valence-electron chi connectivity index (χ2n) is 7.83. The molecular formula is C24H41ClN2S. The fraction of sp³-hybridized carbons (Fsp3) is 0.667. The van der Waals surface area contributed by atoms with E-state index >= 15 is 0 Å². The Morgan fingerprint density at radius 1 is 0.857 bits per heavy atom. The highest BCUT2D eigenvalue weighted by Gasteiger charge is 2.31.